The molecule has 0 aromatic carbocycles. The first-order valence-electron chi connectivity index (χ1n) is 34.3. The Labute approximate surface area is 474 Å². The molecule has 0 radical (unpaired) electrons. The van der Waals surface area contributed by atoms with Crippen LogP contribution in [-0.4, -0.2) is 47.4 Å². The van der Waals surface area contributed by atoms with E-state index < -0.39 is 12.1 Å². The molecule has 0 aliphatic carbocycles. The van der Waals surface area contributed by atoms with Crippen LogP contribution in [0.1, 0.15) is 373 Å². The van der Waals surface area contributed by atoms with Crippen LogP contribution in [0.3, 0.4) is 0 Å². The highest BCUT2D eigenvalue weighted by Crippen LogP contribution is 2.18. The molecule has 0 aromatic rings. The van der Waals surface area contributed by atoms with Crippen molar-refractivity contribution in [1.82, 2.24) is 5.32 Å². The number of ether oxygens (including phenoxy) is 1. The highest BCUT2D eigenvalue weighted by molar-refractivity contribution is 5.76. The van der Waals surface area contributed by atoms with Gasteiger partial charge in [-0.1, -0.05) is 333 Å². The zero-order valence-electron chi connectivity index (χ0n) is 51.3. The molecule has 0 bridgehead atoms. The Bertz CT molecular complexity index is 1230. The molecule has 2 unspecified atom stereocenters. The van der Waals surface area contributed by atoms with E-state index in [1.165, 1.54) is 302 Å². The maximum absolute atomic E-state index is 12.4. The lowest BCUT2D eigenvalue weighted by Gasteiger charge is -2.20. The molecule has 3 N–H and O–H groups in total. The SMILES string of the molecule is CCCCCCCCC/C=C/C(O)C(CO)NC(=O)CCCCCCCCCCCCCCCCC/C=C\C/C=C\CCCCCCCCCCCOC(=O)CCCCCCCCCCCCCCCCCCCCC. The Morgan fingerprint density at radius 2 is 0.658 bits per heavy atom. The summed E-state index contributed by atoms with van der Waals surface area (Å²) in [4.78, 5) is 24.5. The van der Waals surface area contributed by atoms with E-state index in [1.54, 1.807) is 6.08 Å². The van der Waals surface area contributed by atoms with Gasteiger partial charge in [-0.3, -0.25) is 9.59 Å². The smallest absolute Gasteiger partial charge is 0.305 e. The average molecular weight is 1070 g/mol. The fourth-order valence-corrected chi connectivity index (χ4v) is 10.7. The van der Waals surface area contributed by atoms with Crippen LogP contribution in [0.25, 0.3) is 0 Å². The van der Waals surface area contributed by atoms with E-state index in [0.717, 1.165) is 44.9 Å². The summed E-state index contributed by atoms with van der Waals surface area (Å²) < 4.78 is 5.51. The Hall–Kier alpha value is -1.92. The Kier molecular flexibility index (Phi) is 63.9. The van der Waals surface area contributed by atoms with Crippen molar-refractivity contribution in [2.24, 2.45) is 0 Å². The summed E-state index contributed by atoms with van der Waals surface area (Å²) in [5.74, 6) is -0.0513. The third kappa shape index (κ3) is 61.3. The number of hydrogen-bond donors (Lipinski definition) is 3. The van der Waals surface area contributed by atoms with Crippen LogP contribution in [0.2, 0.25) is 0 Å². The normalized spacial score (nSPS) is 12.7. The van der Waals surface area contributed by atoms with Crippen molar-refractivity contribution < 1.29 is 24.5 Å². The number of amides is 1. The summed E-state index contributed by atoms with van der Waals surface area (Å²) in [6, 6.07) is -0.625. The number of hydrogen-bond acceptors (Lipinski definition) is 5. The van der Waals surface area contributed by atoms with Crippen molar-refractivity contribution >= 4 is 11.9 Å². The van der Waals surface area contributed by atoms with Gasteiger partial charge in [0.15, 0.2) is 0 Å². The van der Waals surface area contributed by atoms with Gasteiger partial charge >= 0.3 is 5.97 Å². The van der Waals surface area contributed by atoms with Crippen LogP contribution in [0.4, 0.5) is 0 Å². The first kappa shape index (κ1) is 74.1. The number of rotatable bonds is 64. The molecular weight excluding hydrogens is 935 g/mol. The largest absolute Gasteiger partial charge is 0.466 e. The minimum Gasteiger partial charge on any atom is -0.466 e. The molecule has 0 spiro atoms. The summed E-state index contributed by atoms with van der Waals surface area (Å²) in [5, 5.41) is 23.0. The number of aliphatic hydroxyl groups excluding tert-OH is 2. The van der Waals surface area contributed by atoms with Gasteiger partial charge in [0.05, 0.1) is 25.4 Å². The van der Waals surface area contributed by atoms with E-state index in [1.807, 2.05) is 6.08 Å². The quantitative estimate of drug-likeness (QED) is 0.0320. The molecule has 0 aliphatic heterocycles. The molecule has 0 fully saturated rings. The van der Waals surface area contributed by atoms with E-state index in [2.05, 4.69) is 43.5 Å². The molecule has 0 saturated carbocycles. The van der Waals surface area contributed by atoms with Crippen molar-refractivity contribution in [2.45, 2.75) is 386 Å². The van der Waals surface area contributed by atoms with E-state index >= 15 is 0 Å². The average Bonchev–Trinajstić information content (AvgIpc) is 3.42. The molecule has 0 aromatic heterocycles. The van der Waals surface area contributed by atoms with Crippen molar-refractivity contribution in [3.8, 4) is 0 Å². The van der Waals surface area contributed by atoms with Gasteiger partial charge in [0, 0.05) is 12.8 Å². The van der Waals surface area contributed by atoms with Gasteiger partial charge in [-0.05, 0) is 64.2 Å². The van der Waals surface area contributed by atoms with Crippen molar-refractivity contribution in [2.75, 3.05) is 13.2 Å². The summed E-state index contributed by atoms with van der Waals surface area (Å²) >= 11 is 0. The molecule has 6 heteroatoms. The minimum atomic E-state index is -0.842. The number of esters is 1. The van der Waals surface area contributed by atoms with Crippen LogP contribution >= 0.6 is 0 Å². The summed E-state index contributed by atoms with van der Waals surface area (Å²) in [5.41, 5.74) is 0. The van der Waals surface area contributed by atoms with Crippen LogP contribution in [0.15, 0.2) is 36.5 Å². The summed E-state index contributed by atoms with van der Waals surface area (Å²) in [7, 11) is 0. The Morgan fingerprint density at radius 3 is 1.00 bits per heavy atom. The molecule has 76 heavy (non-hydrogen) atoms. The second-order valence-corrected chi connectivity index (χ2v) is 23.5. The van der Waals surface area contributed by atoms with Gasteiger partial charge in [-0.15, -0.1) is 0 Å². The third-order valence-corrected chi connectivity index (χ3v) is 15.9. The maximum Gasteiger partial charge on any atom is 0.305 e. The maximum atomic E-state index is 12.4. The zero-order valence-corrected chi connectivity index (χ0v) is 51.3. The molecule has 1 amide bonds. The van der Waals surface area contributed by atoms with E-state index in [4.69, 9.17) is 4.74 Å². The highest BCUT2D eigenvalue weighted by Gasteiger charge is 2.18. The second kappa shape index (κ2) is 65.6. The molecule has 0 saturated heterocycles. The van der Waals surface area contributed by atoms with Crippen LogP contribution in [0.5, 0.6) is 0 Å². The van der Waals surface area contributed by atoms with E-state index in [9.17, 15) is 19.8 Å². The van der Waals surface area contributed by atoms with Crippen LogP contribution in [0, 0.1) is 0 Å². The summed E-state index contributed by atoms with van der Waals surface area (Å²) in [6.45, 7) is 4.90. The van der Waals surface area contributed by atoms with E-state index in [0.29, 0.717) is 19.4 Å². The molecule has 2 atom stereocenters. The van der Waals surface area contributed by atoms with Gasteiger partial charge in [0.25, 0.3) is 0 Å². The molecular formula is C70H133NO5. The Morgan fingerprint density at radius 1 is 0.368 bits per heavy atom. The predicted molar refractivity (Wildman–Crippen MR) is 333 cm³/mol. The van der Waals surface area contributed by atoms with Gasteiger partial charge < -0.3 is 20.3 Å². The number of carbonyl (C=O) groups is 2. The first-order chi connectivity index (χ1) is 37.5. The number of aliphatic hydroxyl groups is 2. The van der Waals surface area contributed by atoms with Crippen molar-refractivity contribution in [3.05, 3.63) is 36.5 Å². The lowest BCUT2D eigenvalue weighted by Crippen LogP contribution is -2.45. The molecule has 6 nitrogen and oxygen atoms in total. The van der Waals surface area contributed by atoms with Gasteiger partial charge in [-0.25, -0.2) is 0 Å². The monoisotopic (exact) mass is 1070 g/mol. The number of unbranched alkanes of at least 4 members (excludes halogenated alkanes) is 49. The molecule has 0 rings (SSSR count). The standard InChI is InChI=1S/C70H133NO5/c1-3-5-7-9-11-13-14-15-16-17-31-35-38-41-44-48-52-56-60-64-70(75)76-65-61-57-53-49-45-42-39-36-33-30-28-26-24-22-20-18-19-21-23-25-27-29-32-34-37-40-43-47-51-55-59-63-69(74)71-67(66-72)68(73)62-58-54-50-46-12-10-8-6-4-2/h20,22,26,28,58,62,67-68,72-73H,3-19,21,23-25,27,29-57,59-61,63-66H2,1-2H3,(H,71,74)/b22-20-,28-26-,62-58+. The van der Waals surface area contributed by atoms with Crippen molar-refractivity contribution in [1.29, 1.82) is 0 Å². The van der Waals surface area contributed by atoms with Gasteiger partial charge in [-0.2, -0.15) is 0 Å². The molecule has 0 heterocycles. The topological polar surface area (TPSA) is 95.9 Å². The lowest BCUT2D eigenvalue weighted by molar-refractivity contribution is -0.143. The zero-order chi connectivity index (χ0) is 55.0. The third-order valence-electron chi connectivity index (χ3n) is 15.9. The van der Waals surface area contributed by atoms with Crippen LogP contribution < -0.4 is 5.32 Å². The highest BCUT2D eigenvalue weighted by atomic mass is 16.5. The summed E-state index contributed by atoms with van der Waals surface area (Å²) in [6.07, 6.45) is 83.8. The number of nitrogens with one attached hydrogen (secondary N) is 1. The van der Waals surface area contributed by atoms with E-state index in [-0.39, 0.29) is 18.5 Å². The Balaban J connectivity index is 3.35. The fourth-order valence-electron chi connectivity index (χ4n) is 10.7. The second-order valence-electron chi connectivity index (χ2n) is 23.5. The fraction of sp³-hybridized carbons (Fsp3) is 0.886. The lowest BCUT2D eigenvalue weighted by atomic mass is 10.0. The van der Waals surface area contributed by atoms with Crippen molar-refractivity contribution in [3.63, 3.8) is 0 Å². The van der Waals surface area contributed by atoms with Gasteiger partial charge in [0.1, 0.15) is 0 Å². The molecule has 448 valence electrons. The minimum absolute atomic E-state index is 0.0179. The molecule has 0 aliphatic rings. The first-order valence-corrected chi connectivity index (χ1v) is 34.3. The van der Waals surface area contributed by atoms with Gasteiger partial charge in [0.2, 0.25) is 5.91 Å². The number of carbonyl (C=O) groups excluding carboxylic acids is 2. The van der Waals surface area contributed by atoms with Crippen LogP contribution in [-0.2, 0) is 14.3 Å². The number of allylic oxidation sites excluding steroid dienone is 5. The predicted octanol–water partition coefficient (Wildman–Crippen LogP) is 21.9.